The van der Waals surface area contributed by atoms with Gasteiger partial charge in [-0.25, -0.2) is 0 Å². The van der Waals surface area contributed by atoms with Crippen molar-refractivity contribution in [2.24, 2.45) is 0 Å². The molecule has 0 bridgehead atoms. The minimum atomic E-state index is -0.0974. The van der Waals surface area contributed by atoms with Gasteiger partial charge in [-0.3, -0.25) is 0 Å². The van der Waals surface area contributed by atoms with Crippen LogP contribution in [0.3, 0.4) is 0 Å². The highest BCUT2D eigenvalue weighted by molar-refractivity contribution is 5.93. The Labute approximate surface area is 146 Å². The molecule has 2 aromatic carbocycles. The summed E-state index contributed by atoms with van der Waals surface area (Å²) >= 11 is 0. The fourth-order valence-corrected chi connectivity index (χ4v) is 3.77. The molecule has 3 rings (SSSR count). The molecular formula is C23H30O. The number of fused-ring (bicyclic) bond motifs is 3. The summed E-state index contributed by atoms with van der Waals surface area (Å²) in [6, 6.07) is 12.9. The van der Waals surface area contributed by atoms with Gasteiger partial charge in [0.1, 0.15) is 11.4 Å². The van der Waals surface area contributed by atoms with Crippen LogP contribution in [0.1, 0.15) is 70.8 Å². The van der Waals surface area contributed by atoms with E-state index in [1.807, 2.05) is 0 Å². The molecule has 0 fully saturated rings. The van der Waals surface area contributed by atoms with E-state index in [2.05, 4.69) is 62.4 Å². The third-order valence-electron chi connectivity index (χ3n) is 5.20. The van der Waals surface area contributed by atoms with Crippen molar-refractivity contribution in [1.82, 2.24) is 0 Å². The van der Waals surface area contributed by atoms with Crippen molar-refractivity contribution in [3.05, 3.63) is 48.0 Å². The van der Waals surface area contributed by atoms with E-state index in [1.54, 1.807) is 0 Å². The third-order valence-corrected chi connectivity index (χ3v) is 5.20. The average Bonchev–Trinajstić information content (AvgIpc) is 2.62. The summed E-state index contributed by atoms with van der Waals surface area (Å²) in [5, 5.41) is 2.58. The van der Waals surface area contributed by atoms with Crippen molar-refractivity contribution in [2.75, 3.05) is 0 Å². The Morgan fingerprint density at radius 3 is 2.25 bits per heavy atom. The van der Waals surface area contributed by atoms with Crippen molar-refractivity contribution < 1.29 is 4.74 Å². The number of ether oxygens (including phenoxy) is 1. The van der Waals surface area contributed by atoms with Gasteiger partial charge in [-0.15, -0.1) is 0 Å². The number of hydrogen-bond acceptors (Lipinski definition) is 1. The van der Waals surface area contributed by atoms with Crippen molar-refractivity contribution >= 4 is 16.8 Å². The smallest absolute Gasteiger partial charge is 0.128 e. The largest absolute Gasteiger partial charge is 0.483 e. The standard InChI is InChI=1S/C23H30O/c1-3-5-9-16-23(17-10-6-4-2)18-15-21-20-12-8-7-11-19(20)13-14-22(21)24-23/h7-8,11-15,18H,3-6,9-10,16-17H2,1-2H3. The quantitative estimate of drug-likeness (QED) is 0.469. The van der Waals surface area contributed by atoms with E-state index in [9.17, 15) is 0 Å². The lowest BCUT2D eigenvalue weighted by Crippen LogP contribution is -2.35. The fourth-order valence-electron chi connectivity index (χ4n) is 3.77. The van der Waals surface area contributed by atoms with Crippen molar-refractivity contribution in [2.45, 2.75) is 70.8 Å². The molecule has 1 nitrogen and oxygen atoms in total. The molecule has 0 spiro atoms. The van der Waals surface area contributed by atoms with Crippen molar-refractivity contribution in [3.8, 4) is 5.75 Å². The van der Waals surface area contributed by atoms with E-state index in [0.29, 0.717) is 0 Å². The van der Waals surface area contributed by atoms with Gasteiger partial charge in [0.2, 0.25) is 0 Å². The molecule has 24 heavy (non-hydrogen) atoms. The highest BCUT2D eigenvalue weighted by atomic mass is 16.5. The molecule has 0 atom stereocenters. The molecule has 0 aliphatic carbocycles. The van der Waals surface area contributed by atoms with Gasteiger partial charge >= 0.3 is 0 Å². The molecular weight excluding hydrogens is 292 g/mol. The van der Waals surface area contributed by atoms with E-state index in [0.717, 1.165) is 18.6 Å². The Morgan fingerprint density at radius 1 is 0.833 bits per heavy atom. The van der Waals surface area contributed by atoms with E-state index >= 15 is 0 Å². The molecule has 0 radical (unpaired) electrons. The average molecular weight is 322 g/mol. The first-order chi connectivity index (χ1) is 11.8. The Bertz CT molecular complexity index is 688. The highest BCUT2D eigenvalue weighted by Gasteiger charge is 2.32. The van der Waals surface area contributed by atoms with Gasteiger partial charge in [-0.05, 0) is 48.6 Å². The molecule has 2 aromatic rings. The van der Waals surface area contributed by atoms with Gasteiger partial charge in [0.05, 0.1) is 0 Å². The minimum Gasteiger partial charge on any atom is -0.483 e. The first kappa shape index (κ1) is 17.1. The van der Waals surface area contributed by atoms with Crippen LogP contribution < -0.4 is 4.74 Å². The van der Waals surface area contributed by atoms with Gasteiger partial charge < -0.3 is 4.74 Å². The van der Waals surface area contributed by atoms with E-state index in [1.165, 1.54) is 54.9 Å². The third kappa shape index (κ3) is 3.66. The van der Waals surface area contributed by atoms with Crippen molar-refractivity contribution in [3.63, 3.8) is 0 Å². The lowest BCUT2D eigenvalue weighted by Gasteiger charge is -2.36. The number of benzene rings is 2. The Balaban J connectivity index is 1.87. The summed E-state index contributed by atoms with van der Waals surface area (Å²) in [5.74, 6) is 1.06. The molecule has 0 saturated heterocycles. The zero-order chi connectivity index (χ0) is 16.8. The first-order valence-electron chi connectivity index (χ1n) is 9.68. The van der Waals surface area contributed by atoms with E-state index < -0.39 is 0 Å². The van der Waals surface area contributed by atoms with Gasteiger partial charge in [0.15, 0.2) is 0 Å². The summed E-state index contributed by atoms with van der Waals surface area (Å²) in [7, 11) is 0. The zero-order valence-electron chi connectivity index (χ0n) is 15.2. The van der Waals surface area contributed by atoms with Crippen LogP contribution in [0.5, 0.6) is 5.75 Å². The van der Waals surface area contributed by atoms with Gasteiger partial charge in [-0.1, -0.05) is 75.9 Å². The van der Waals surface area contributed by atoms with Crippen molar-refractivity contribution in [1.29, 1.82) is 0 Å². The van der Waals surface area contributed by atoms with Crippen LogP contribution >= 0.6 is 0 Å². The van der Waals surface area contributed by atoms with Gasteiger partial charge in [0, 0.05) is 5.56 Å². The number of rotatable bonds is 8. The summed E-state index contributed by atoms with van der Waals surface area (Å²) in [5.41, 5.74) is 1.15. The molecule has 1 heterocycles. The van der Waals surface area contributed by atoms with Gasteiger partial charge in [-0.2, -0.15) is 0 Å². The molecule has 0 amide bonds. The zero-order valence-corrected chi connectivity index (χ0v) is 15.2. The summed E-state index contributed by atoms with van der Waals surface area (Å²) in [4.78, 5) is 0. The second-order valence-corrected chi connectivity index (χ2v) is 7.11. The molecule has 0 unspecified atom stereocenters. The molecule has 0 N–H and O–H groups in total. The van der Waals surface area contributed by atoms with Crippen LogP contribution in [-0.4, -0.2) is 5.60 Å². The molecule has 0 saturated carbocycles. The Kier molecular flexibility index (Phi) is 5.60. The minimum absolute atomic E-state index is 0.0974. The van der Waals surface area contributed by atoms with Crippen LogP contribution in [0, 0.1) is 0 Å². The summed E-state index contributed by atoms with van der Waals surface area (Å²) < 4.78 is 6.63. The predicted molar refractivity (Wildman–Crippen MR) is 105 cm³/mol. The SMILES string of the molecule is CCCCCC1(CCCCC)C=Cc2c(ccc3ccccc23)O1. The van der Waals surface area contributed by atoms with E-state index in [-0.39, 0.29) is 5.60 Å². The molecule has 128 valence electrons. The normalized spacial score (nSPS) is 15.2. The van der Waals surface area contributed by atoms with Crippen LogP contribution in [0.4, 0.5) is 0 Å². The molecule has 0 aromatic heterocycles. The Morgan fingerprint density at radius 2 is 1.54 bits per heavy atom. The molecule has 1 aliphatic heterocycles. The van der Waals surface area contributed by atoms with Crippen LogP contribution in [0.15, 0.2) is 42.5 Å². The summed E-state index contributed by atoms with van der Waals surface area (Å²) in [6.45, 7) is 4.53. The second-order valence-electron chi connectivity index (χ2n) is 7.11. The lowest BCUT2D eigenvalue weighted by atomic mass is 9.86. The highest BCUT2D eigenvalue weighted by Crippen LogP contribution is 2.40. The number of unbranched alkanes of at least 4 members (excludes halogenated alkanes) is 4. The van der Waals surface area contributed by atoms with Crippen LogP contribution in [-0.2, 0) is 0 Å². The Hall–Kier alpha value is -1.76. The maximum Gasteiger partial charge on any atom is 0.128 e. The monoisotopic (exact) mass is 322 g/mol. The topological polar surface area (TPSA) is 9.23 Å². The molecule has 1 heteroatoms. The van der Waals surface area contributed by atoms with E-state index in [4.69, 9.17) is 4.74 Å². The summed E-state index contributed by atoms with van der Waals surface area (Å²) in [6.07, 6.45) is 14.5. The van der Waals surface area contributed by atoms with Crippen LogP contribution in [0.2, 0.25) is 0 Å². The maximum absolute atomic E-state index is 6.63. The second kappa shape index (κ2) is 7.88. The van der Waals surface area contributed by atoms with Gasteiger partial charge in [0.25, 0.3) is 0 Å². The predicted octanol–water partition coefficient (Wildman–Crippen LogP) is 7.14. The fraction of sp³-hybridized carbons (Fsp3) is 0.478. The first-order valence-corrected chi connectivity index (χ1v) is 9.68. The lowest BCUT2D eigenvalue weighted by molar-refractivity contribution is 0.0915. The van der Waals surface area contributed by atoms with Crippen LogP contribution in [0.25, 0.3) is 16.8 Å². The molecule has 1 aliphatic rings. The number of hydrogen-bond donors (Lipinski definition) is 0. The maximum atomic E-state index is 6.63.